The van der Waals surface area contributed by atoms with E-state index in [9.17, 15) is 9.59 Å². The van der Waals surface area contributed by atoms with Gasteiger partial charge in [-0.2, -0.15) is 0 Å². The molecule has 30 heavy (non-hydrogen) atoms. The number of nitrogens with one attached hydrogen (secondary N) is 2. The normalized spacial score (nSPS) is 16.0. The number of H-pyrrole nitrogens is 1. The van der Waals surface area contributed by atoms with Crippen LogP contribution in [0.2, 0.25) is 0 Å². The van der Waals surface area contributed by atoms with E-state index >= 15 is 0 Å². The Morgan fingerprint density at radius 1 is 1.20 bits per heavy atom. The van der Waals surface area contributed by atoms with Crippen molar-refractivity contribution in [2.24, 2.45) is 0 Å². The van der Waals surface area contributed by atoms with E-state index in [1.165, 1.54) is 0 Å². The summed E-state index contributed by atoms with van der Waals surface area (Å²) in [6, 6.07) is 17.4. The minimum absolute atomic E-state index is 0.00857. The lowest BCUT2D eigenvalue weighted by molar-refractivity contribution is 0.0793. The molecule has 1 aromatic heterocycles. The number of urea groups is 1. The van der Waals surface area contributed by atoms with Gasteiger partial charge >= 0.3 is 6.03 Å². The van der Waals surface area contributed by atoms with Gasteiger partial charge in [0.2, 0.25) is 0 Å². The molecule has 3 aromatic rings. The number of aryl methyl sites for hydroxylation is 1. The monoisotopic (exact) mass is 405 g/mol. The Labute approximate surface area is 175 Å². The molecule has 1 fully saturated rings. The molecule has 0 spiro atoms. The van der Waals surface area contributed by atoms with Gasteiger partial charge in [0.1, 0.15) is 0 Å². The van der Waals surface area contributed by atoms with E-state index in [2.05, 4.69) is 10.3 Å². The van der Waals surface area contributed by atoms with E-state index in [4.69, 9.17) is 4.74 Å². The lowest BCUT2D eigenvalue weighted by Gasteiger charge is -2.26. The van der Waals surface area contributed by atoms with Crippen LogP contribution in [-0.4, -0.2) is 35.2 Å². The van der Waals surface area contributed by atoms with Crippen molar-refractivity contribution in [3.8, 4) is 0 Å². The minimum Gasteiger partial charge on any atom is -0.376 e. The number of carbonyl (C=O) groups excluding carboxylic acids is 1. The highest BCUT2D eigenvalue weighted by Gasteiger charge is 2.23. The molecule has 2 aromatic carbocycles. The highest BCUT2D eigenvalue weighted by atomic mass is 16.5. The summed E-state index contributed by atoms with van der Waals surface area (Å²) in [7, 11) is 0. The summed E-state index contributed by atoms with van der Waals surface area (Å²) in [6.07, 6.45) is 1.93. The second-order valence-corrected chi connectivity index (χ2v) is 7.87. The van der Waals surface area contributed by atoms with Crippen molar-refractivity contribution in [3.63, 3.8) is 0 Å². The molecule has 1 aliphatic heterocycles. The van der Waals surface area contributed by atoms with Gasteiger partial charge < -0.3 is 19.9 Å². The number of ether oxygens (including phenoxy) is 1. The van der Waals surface area contributed by atoms with E-state index in [1.807, 2.05) is 61.5 Å². The number of nitrogens with zero attached hydrogens (tertiary/aromatic N) is 1. The van der Waals surface area contributed by atoms with Gasteiger partial charge in [0.15, 0.2) is 0 Å². The summed E-state index contributed by atoms with van der Waals surface area (Å²) in [5, 5.41) is 3.94. The lowest BCUT2D eigenvalue weighted by atomic mass is 10.1. The van der Waals surface area contributed by atoms with E-state index in [1.54, 1.807) is 4.90 Å². The maximum atomic E-state index is 13.0. The Morgan fingerprint density at radius 2 is 2.03 bits per heavy atom. The Bertz CT molecular complexity index is 1070. The Morgan fingerprint density at radius 3 is 2.80 bits per heavy atom. The molecule has 2 amide bonds. The van der Waals surface area contributed by atoms with Crippen LogP contribution in [-0.2, 0) is 17.8 Å². The van der Waals surface area contributed by atoms with Gasteiger partial charge in [-0.25, -0.2) is 4.79 Å². The molecule has 1 aliphatic rings. The van der Waals surface area contributed by atoms with Crippen molar-refractivity contribution in [1.82, 2.24) is 15.2 Å². The average molecular weight is 405 g/mol. The van der Waals surface area contributed by atoms with E-state index in [-0.39, 0.29) is 24.2 Å². The molecule has 1 saturated heterocycles. The molecule has 0 aliphatic carbocycles. The third-order valence-electron chi connectivity index (χ3n) is 5.46. The molecule has 1 atom stereocenters. The van der Waals surface area contributed by atoms with Crippen molar-refractivity contribution >= 4 is 16.9 Å². The highest BCUT2D eigenvalue weighted by molar-refractivity contribution is 5.80. The van der Waals surface area contributed by atoms with Crippen LogP contribution in [0, 0.1) is 6.92 Å². The summed E-state index contributed by atoms with van der Waals surface area (Å²) >= 11 is 0. The average Bonchev–Trinajstić information content (AvgIpc) is 3.26. The Kier molecular flexibility index (Phi) is 6.14. The van der Waals surface area contributed by atoms with Crippen molar-refractivity contribution in [1.29, 1.82) is 0 Å². The largest absolute Gasteiger partial charge is 0.376 e. The topological polar surface area (TPSA) is 74.4 Å². The highest BCUT2D eigenvalue weighted by Crippen LogP contribution is 2.17. The SMILES string of the molecule is Cc1ccc2[nH]c(=O)c(CN(C[C@@H]3CCCO3)C(=O)NCc3ccccc3)cc2c1. The van der Waals surface area contributed by atoms with Crippen molar-refractivity contribution in [2.45, 2.75) is 39.0 Å². The van der Waals surface area contributed by atoms with Crippen molar-refractivity contribution in [3.05, 3.63) is 81.6 Å². The van der Waals surface area contributed by atoms with Gasteiger partial charge in [0, 0.05) is 30.8 Å². The summed E-state index contributed by atoms with van der Waals surface area (Å²) < 4.78 is 5.74. The Balaban J connectivity index is 1.54. The van der Waals surface area contributed by atoms with Gasteiger partial charge in [-0.1, -0.05) is 42.0 Å². The minimum atomic E-state index is -0.196. The lowest BCUT2D eigenvalue weighted by Crippen LogP contribution is -2.43. The van der Waals surface area contributed by atoms with E-state index < -0.39 is 0 Å². The summed E-state index contributed by atoms with van der Waals surface area (Å²) in [4.78, 5) is 30.3. The first-order chi connectivity index (χ1) is 14.6. The fraction of sp³-hybridized carbons (Fsp3) is 0.333. The number of hydrogen-bond acceptors (Lipinski definition) is 3. The maximum absolute atomic E-state index is 13.0. The van der Waals surface area contributed by atoms with Crippen LogP contribution in [0.4, 0.5) is 4.79 Å². The van der Waals surface area contributed by atoms with Crippen LogP contribution in [0.3, 0.4) is 0 Å². The summed E-state index contributed by atoms with van der Waals surface area (Å²) in [5.74, 6) is 0. The maximum Gasteiger partial charge on any atom is 0.318 e. The first-order valence-corrected chi connectivity index (χ1v) is 10.4. The number of aromatic nitrogens is 1. The molecule has 0 saturated carbocycles. The second-order valence-electron chi connectivity index (χ2n) is 7.87. The molecular formula is C24H27N3O3. The molecule has 4 rings (SSSR count). The molecule has 0 bridgehead atoms. The molecule has 2 N–H and O–H groups in total. The summed E-state index contributed by atoms with van der Waals surface area (Å²) in [5.41, 5.74) is 3.35. The fourth-order valence-corrected chi connectivity index (χ4v) is 3.83. The molecule has 6 heteroatoms. The molecule has 156 valence electrons. The molecule has 6 nitrogen and oxygen atoms in total. The first-order valence-electron chi connectivity index (χ1n) is 10.4. The number of rotatable bonds is 6. The standard InChI is InChI=1S/C24H27N3O3/c1-17-9-10-22-19(12-17)13-20(23(28)26-22)15-27(16-21-8-5-11-30-21)24(29)25-14-18-6-3-2-4-7-18/h2-4,6-7,9-10,12-13,21H,5,8,11,14-16H2,1H3,(H,25,29)(H,26,28)/t21-/m0/s1. The third-order valence-corrected chi connectivity index (χ3v) is 5.46. The van der Waals surface area contributed by atoms with Crippen LogP contribution in [0.15, 0.2) is 59.4 Å². The second kappa shape index (κ2) is 9.13. The molecule has 0 radical (unpaired) electrons. The van der Waals surface area contributed by atoms with Crippen LogP contribution < -0.4 is 10.9 Å². The number of amides is 2. The van der Waals surface area contributed by atoms with E-state index in [0.29, 0.717) is 18.7 Å². The number of fused-ring (bicyclic) bond motifs is 1. The van der Waals surface area contributed by atoms with Gasteiger partial charge in [0.05, 0.1) is 12.6 Å². The Hall–Kier alpha value is -3.12. The van der Waals surface area contributed by atoms with Gasteiger partial charge in [-0.15, -0.1) is 0 Å². The van der Waals surface area contributed by atoms with Crippen LogP contribution in [0.5, 0.6) is 0 Å². The predicted molar refractivity (Wildman–Crippen MR) is 117 cm³/mol. The van der Waals surface area contributed by atoms with Crippen molar-refractivity contribution in [2.75, 3.05) is 13.2 Å². The van der Waals surface area contributed by atoms with E-state index in [0.717, 1.165) is 41.5 Å². The number of pyridine rings is 1. The molecule has 2 heterocycles. The zero-order valence-electron chi connectivity index (χ0n) is 17.2. The number of aromatic amines is 1. The zero-order valence-corrected chi connectivity index (χ0v) is 17.2. The fourth-order valence-electron chi connectivity index (χ4n) is 3.83. The first kappa shape index (κ1) is 20.2. The van der Waals surface area contributed by atoms with Crippen LogP contribution in [0.25, 0.3) is 10.9 Å². The number of carbonyl (C=O) groups is 1. The number of benzene rings is 2. The number of hydrogen-bond donors (Lipinski definition) is 2. The summed E-state index contributed by atoms with van der Waals surface area (Å²) in [6.45, 7) is 3.88. The molecule has 0 unspecified atom stereocenters. The quantitative estimate of drug-likeness (QED) is 0.656. The predicted octanol–water partition coefficient (Wildman–Crippen LogP) is 3.73. The van der Waals surface area contributed by atoms with Crippen LogP contribution >= 0.6 is 0 Å². The van der Waals surface area contributed by atoms with Gasteiger partial charge in [-0.05, 0) is 48.9 Å². The molecular weight excluding hydrogens is 378 g/mol. The third kappa shape index (κ3) is 4.89. The van der Waals surface area contributed by atoms with Gasteiger partial charge in [-0.3, -0.25) is 4.79 Å². The smallest absolute Gasteiger partial charge is 0.318 e. The van der Waals surface area contributed by atoms with Crippen LogP contribution in [0.1, 0.15) is 29.5 Å². The van der Waals surface area contributed by atoms with Crippen molar-refractivity contribution < 1.29 is 9.53 Å². The zero-order chi connectivity index (χ0) is 20.9. The van der Waals surface area contributed by atoms with Gasteiger partial charge in [0.25, 0.3) is 5.56 Å².